The molecule has 0 bridgehead atoms. The molecule has 2 aromatic heterocycles. The molecule has 1 aromatic carbocycles. The Labute approximate surface area is 159 Å². The lowest BCUT2D eigenvalue weighted by molar-refractivity contribution is 0.492. The predicted octanol–water partition coefficient (Wildman–Crippen LogP) is 2.80. The molecular weight excluding hydrogens is 396 g/mol. The fourth-order valence-corrected chi connectivity index (χ4v) is 5.85. The zero-order chi connectivity index (χ0) is 18.4. The maximum Gasteiger partial charge on any atom is 0.271 e. The number of rotatable bonds is 2. The van der Waals surface area contributed by atoms with E-state index in [0.717, 1.165) is 27.5 Å². The van der Waals surface area contributed by atoms with Gasteiger partial charge in [-0.25, -0.2) is 13.8 Å². The summed E-state index contributed by atoms with van der Waals surface area (Å²) in [6.07, 6.45) is 3.58. The highest BCUT2D eigenvalue weighted by molar-refractivity contribution is 8.08. The minimum atomic E-state index is -0.888. The largest absolute Gasteiger partial charge is 0.337 e. The zero-order valence-electron chi connectivity index (χ0n) is 13.8. The molecule has 3 aromatic rings. The minimum absolute atomic E-state index is 0.136. The molecule has 26 heavy (non-hydrogen) atoms. The van der Waals surface area contributed by atoms with Crippen molar-refractivity contribution in [3.8, 4) is 0 Å². The van der Waals surface area contributed by atoms with Crippen LogP contribution >= 0.6 is 34.4 Å². The number of hydrogen-bond donors (Lipinski definition) is 0. The lowest BCUT2D eigenvalue weighted by atomic mass is 10.3. The summed E-state index contributed by atoms with van der Waals surface area (Å²) in [6, 6.07) is 2.64. The molecule has 0 fully saturated rings. The summed E-state index contributed by atoms with van der Waals surface area (Å²) in [5, 5.41) is 3.30. The first-order chi connectivity index (χ1) is 12.5. The second-order valence-electron chi connectivity index (χ2n) is 5.51. The second-order valence-corrected chi connectivity index (χ2v) is 8.47. The highest BCUT2D eigenvalue weighted by atomic mass is 32.2. The van der Waals surface area contributed by atoms with E-state index in [2.05, 4.69) is 4.98 Å². The summed E-state index contributed by atoms with van der Waals surface area (Å²) in [5.74, 6) is -1.77. The molecule has 9 heteroatoms. The third-order valence-corrected chi connectivity index (χ3v) is 7.25. The van der Waals surface area contributed by atoms with Crippen LogP contribution in [0.15, 0.2) is 33.4 Å². The van der Waals surface area contributed by atoms with Crippen molar-refractivity contribution in [1.29, 1.82) is 0 Å². The Balaban J connectivity index is 1.96. The van der Waals surface area contributed by atoms with Gasteiger partial charge in [-0.15, -0.1) is 22.7 Å². The standard InChI is InChI=1S/C17H13F2N3OS3/c1-3-22-12(8-11-20-6-7-24-11)25-15(16(22)23)17-21(2)10-5-4-9(18)13(19)14(10)26-17/h4-8H,3H2,1-2H3/b12-8-,17-15+. The van der Waals surface area contributed by atoms with E-state index in [1.54, 1.807) is 22.7 Å². The minimum Gasteiger partial charge on any atom is -0.337 e. The van der Waals surface area contributed by atoms with Crippen LogP contribution in [-0.4, -0.2) is 16.6 Å². The molecule has 0 unspecified atom stereocenters. The molecule has 0 saturated carbocycles. The van der Waals surface area contributed by atoms with Crippen LogP contribution in [0.5, 0.6) is 0 Å². The lowest BCUT2D eigenvalue weighted by Gasteiger charge is -2.12. The first-order valence-electron chi connectivity index (χ1n) is 7.76. The Kier molecular flexibility index (Phi) is 4.45. The first kappa shape index (κ1) is 17.4. The third kappa shape index (κ3) is 2.70. The summed E-state index contributed by atoms with van der Waals surface area (Å²) in [5.41, 5.74) is 0.425. The van der Waals surface area contributed by atoms with Crippen molar-refractivity contribution in [2.75, 3.05) is 11.9 Å². The molecule has 1 aliphatic heterocycles. The van der Waals surface area contributed by atoms with Crippen LogP contribution in [0.1, 0.15) is 11.9 Å². The van der Waals surface area contributed by atoms with E-state index in [9.17, 15) is 13.6 Å². The molecule has 0 saturated heterocycles. The van der Waals surface area contributed by atoms with Gasteiger partial charge in [0.25, 0.3) is 5.56 Å². The van der Waals surface area contributed by atoms with E-state index in [1.807, 2.05) is 18.4 Å². The molecule has 134 valence electrons. The van der Waals surface area contributed by atoms with E-state index in [4.69, 9.17) is 0 Å². The number of thiazole rings is 2. The molecule has 3 heterocycles. The van der Waals surface area contributed by atoms with Crippen LogP contribution in [0.2, 0.25) is 0 Å². The van der Waals surface area contributed by atoms with Gasteiger partial charge >= 0.3 is 0 Å². The quantitative estimate of drug-likeness (QED) is 0.653. The van der Waals surface area contributed by atoms with Gasteiger partial charge in [-0.05, 0) is 19.1 Å². The van der Waals surface area contributed by atoms with Gasteiger partial charge in [0, 0.05) is 31.2 Å². The number of thioether (sulfide) groups is 1. The van der Waals surface area contributed by atoms with Gasteiger partial charge in [0.2, 0.25) is 0 Å². The molecule has 0 N–H and O–H groups in total. The van der Waals surface area contributed by atoms with E-state index < -0.39 is 11.6 Å². The highest BCUT2D eigenvalue weighted by Crippen LogP contribution is 2.47. The van der Waals surface area contributed by atoms with Crippen LogP contribution in [0.3, 0.4) is 0 Å². The van der Waals surface area contributed by atoms with Crippen molar-refractivity contribution in [2.45, 2.75) is 18.4 Å². The molecule has 0 atom stereocenters. The molecular formula is C17H13F2N3OS3. The summed E-state index contributed by atoms with van der Waals surface area (Å²) in [4.78, 5) is 19.1. The van der Waals surface area contributed by atoms with E-state index in [0.29, 0.717) is 21.8 Å². The van der Waals surface area contributed by atoms with Crippen molar-refractivity contribution in [2.24, 2.45) is 0 Å². The highest BCUT2D eigenvalue weighted by Gasteiger charge is 2.29. The fraction of sp³-hybridized carbons (Fsp3) is 0.176. The number of halogens is 2. The first-order valence-corrected chi connectivity index (χ1v) is 10.3. The van der Waals surface area contributed by atoms with Gasteiger partial charge in [0.05, 0.1) is 10.6 Å². The van der Waals surface area contributed by atoms with Crippen molar-refractivity contribution >= 4 is 51.2 Å². The summed E-state index contributed by atoms with van der Waals surface area (Å²) in [7, 11) is 1.76. The van der Waals surface area contributed by atoms with Crippen molar-refractivity contribution < 1.29 is 8.78 Å². The third-order valence-electron chi connectivity index (χ3n) is 4.01. The summed E-state index contributed by atoms with van der Waals surface area (Å²) < 4.78 is 30.7. The van der Waals surface area contributed by atoms with Gasteiger partial charge in [-0.2, -0.15) is 0 Å². The monoisotopic (exact) mass is 409 g/mol. The van der Waals surface area contributed by atoms with E-state index in [-0.39, 0.29) is 10.5 Å². The fourth-order valence-electron chi connectivity index (χ4n) is 2.74. The van der Waals surface area contributed by atoms with E-state index >= 15 is 0 Å². The maximum absolute atomic E-state index is 14.1. The Morgan fingerprint density at radius 3 is 2.81 bits per heavy atom. The van der Waals surface area contributed by atoms with Crippen molar-refractivity contribution in [3.05, 3.63) is 59.9 Å². The molecule has 4 rings (SSSR count). The van der Waals surface area contributed by atoms with Gasteiger partial charge in [-0.3, -0.25) is 9.36 Å². The Hall–Kier alpha value is -1.97. The molecule has 0 radical (unpaired) electrons. The number of benzene rings is 1. The smallest absolute Gasteiger partial charge is 0.271 e. The number of aromatic nitrogens is 2. The van der Waals surface area contributed by atoms with Crippen LogP contribution < -0.4 is 19.7 Å². The van der Waals surface area contributed by atoms with Crippen LogP contribution in [0, 0.1) is 11.6 Å². The van der Waals surface area contributed by atoms with Gasteiger partial charge < -0.3 is 4.90 Å². The molecule has 0 amide bonds. The average Bonchev–Trinajstić information content (AvgIpc) is 3.31. The van der Waals surface area contributed by atoms with Crippen LogP contribution in [0.25, 0.3) is 11.1 Å². The Bertz CT molecular complexity index is 1170. The molecule has 0 spiro atoms. The number of nitrogens with zero attached hydrogens (tertiary/aromatic N) is 3. The average molecular weight is 410 g/mol. The lowest BCUT2D eigenvalue weighted by Crippen LogP contribution is -2.33. The maximum atomic E-state index is 14.1. The number of hydrogen-bond acceptors (Lipinski definition) is 6. The summed E-state index contributed by atoms with van der Waals surface area (Å²) >= 11 is 3.92. The number of anilines is 1. The van der Waals surface area contributed by atoms with Crippen LogP contribution in [0.4, 0.5) is 14.5 Å². The Morgan fingerprint density at radius 2 is 2.12 bits per heavy atom. The predicted molar refractivity (Wildman–Crippen MR) is 103 cm³/mol. The zero-order valence-corrected chi connectivity index (χ0v) is 16.3. The molecule has 1 aliphatic rings. The van der Waals surface area contributed by atoms with Crippen LogP contribution in [-0.2, 0) is 6.54 Å². The summed E-state index contributed by atoms with van der Waals surface area (Å²) in [6.45, 7) is 2.42. The van der Waals surface area contributed by atoms with Gasteiger partial charge in [-0.1, -0.05) is 11.8 Å². The van der Waals surface area contributed by atoms with Gasteiger partial charge in [0.15, 0.2) is 11.6 Å². The normalized spacial score (nSPS) is 16.5. The van der Waals surface area contributed by atoms with E-state index in [1.165, 1.54) is 28.7 Å². The second kappa shape index (κ2) is 6.64. The van der Waals surface area contributed by atoms with Crippen molar-refractivity contribution in [1.82, 2.24) is 9.55 Å². The molecule has 4 nitrogen and oxygen atoms in total. The van der Waals surface area contributed by atoms with Gasteiger partial charge in [0.1, 0.15) is 19.2 Å². The molecule has 0 aliphatic carbocycles. The number of fused-ring (bicyclic) bond motifs is 1. The topological polar surface area (TPSA) is 38.1 Å². The Morgan fingerprint density at radius 1 is 1.31 bits per heavy atom. The van der Waals surface area contributed by atoms with Crippen molar-refractivity contribution in [3.63, 3.8) is 0 Å². The SMILES string of the molecule is CCn1c(=O)/c(=C2\Sc3c(ccc(F)c3F)N2C)s/c1=C\c1nccs1.